The van der Waals surface area contributed by atoms with Crippen molar-refractivity contribution in [2.24, 2.45) is 5.92 Å². The van der Waals surface area contributed by atoms with E-state index in [4.69, 9.17) is 0 Å². The highest BCUT2D eigenvalue weighted by molar-refractivity contribution is 7.91. The van der Waals surface area contributed by atoms with Crippen LogP contribution >= 0.6 is 0 Å². The summed E-state index contributed by atoms with van der Waals surface area (Å²) in [6.07, 6.45) is 0.998. The first-order valence-corrected chi connectivity index (χ1v) is 11.4. The van der Waals surface area contributed by atoms with Crippen molar-refractivity contribution >= 4 is 21.4 Å². The van der Waals surface area contributed by atoms with Crippen LogP contribution in [0.4, 0.5) is 5.69 Å². The van der Waals surface area contributed by atoms with Gasteiger partial charge in [-0.15, -0.1) is 0 Å². The fraction of sp³-hybridized carbons (Fsp3) is 0.650. The molecule has 1 aromatic carbocycles. The SMILES string of the molecule is CCN(CC)c1ccc(CN(C(=O)CC(C)C)C2CCS(=O)(=O)C2)cc1. The fourth-order valence-electron chi connectivity index (χ4n) is 3.51. The number of anilines is 1. The first-order chi connectivity index (χ1) is 12.3. The minimum atomic E-state index is -3.02. The number of carbonyl (C=O) groups excluding carboxylic acids is 1. The van der Waals surface area contributed by atoms with Gasteiger partial charge in [-0.2, -0.15) is 0 Å². The average Bonchev–Trinajstić information content (AvgIpc) is 2.94. The van der Waals surface area contributed by atoms with E-state index < -0.39 is 9.84 Å². The molecule has 1 unspecified atom stereocenters. The van der Waals surface area contributed by atoms with Gasteiger partial charge in [0.1, 0.15) is 0 Å². The number of nitrogens with zero attached hydrogens (tertiary/aromatic N) is 2. The van der Waals surface area contributed by atoms with Gasteiger partial charge in [0.25, 0.3) is 0 Å². The molecule has 6 heteroatoms. The van der Waals surface area contributed by atoms with Crippen molar-refractivity contribution in [3.8, 4) is 0 Å². The molecule has 0 saturated carbocycles. The number of rotatable bonds is 8. The minimum absolute atomic E-state index is 0.0509. The summed E-state index contributed by atoms with van der Waals surface area (Å²) in [5, 5.41) is 0. The second-order valence-electron chi connectivity index (χ2n) is 7.52. The molecule has 0 N–H and O–H groups in total. The van der Waals surface area contributed by atoms with Crippen LogP contribution in [0.3, 0.4) is 0 Å². The van der Waals surface area contributed by atoms with Gasteiger partial charge in [-0.3, -0.25) is 4.79 Å². The molecule has 1 fully saturated rings. The first kappa shape index (κ1) is 20.7. The summed E-state index contributed by atoms with van der Waals surface area (Å²) >= 11 is 0. The molecule has 0 aliphatic carbocycles. The maximum atomic E-state index is 12.7. The van der Waals surface area contributed by atoms with E-state index in [9.17, 15) is 13.2 Å². The summed E-state index contributed by atoms with van der Waals surface area (Å²) in [4.78, 5) is 16.8. The minimum Gasteiger partial charge on any atom is -0.372 e. The molecule has 146 valence electrons. The number of benzene rings is 1. The van der Waals surface area contributed by atoms with E-state index in [1.165, 1.54) is 5.69 Å². The zero-order chi connectivity index (χ0) is 19.3. The van der Waals surface area contributed by atoms with Crippen molar-refractivity contribution < 1.29 is 13.2 Å². The largest absolute Gasteiger partial charge is 0.372 e. The Kier molecular flexibility index (Phi) is 7.09. The van der Waals surface area contributed by atoms with E-state index in [1.807, 2.05) is 26.0 Å². The van der Waals surface area contributed by atoms with Gasteiger partial charge in [-0.25, -0.2) is 8.42 Å². The number of hydrogen-bond acceptors (Lipinski definition) is 4. The Morgan fingerprint density at radius 1 is 1.15 bits per heavy atom. The van der Waals surface area contributed by atoms with Crippen LogP contribution in [-0.2, 0) is 21.2 Å². The van der Waals surface area contributed by atoms with Gasteiger partial charge in [0.05, 0.1) is 11.5 Å². The molecular weight excluding hydrogens is 348 g/mol. The smallest absolute Gasteiger partial charge is 0.223 e. The van der Waals surface area contributed by atoms with Crippen molar-refractivity contribution in [1.82, 2.24) is 4.90 Å². The normalized spacial score (nSPS) is 18.9. The van der Waals surface area contributed by atoms with Gasteiger partial charge >= 0.3 is 0 Å². The highest BCUT2D eigenvalue weighted by Crippen LogP contribution is 2.23. The van der Waals surface area contributed by atoms with Gasteiger partial charge in [-0.1, -0.05) is 26.0 Å². The second kappa shape index (κ2) is 8.89. The molecule has 1 heterocycles. The average molecular weight is 381 g/mol. The zero-order valence-electron chi connectivity index (χ0n) is 16.4. The molecule has 1 amide bonds. The molecule has 2 rings (SSSR count). The van der Waals surface area contributed by atoms with Gasteiger partial charge in [-0.05, 0) is 43.9 Å². The zero-order valence-corrected chi connectivity index (χ0v) is 17.3. The number of carbonyl (C=O) groups is 1. The highest BCUT2D eigenvalue weighted by Gasteiger charge is 2.34. The molecule has 0 bridgehead atoms. The van der Waals surface area contributed by atoms with E-state index in [0.29, 0.717) is 19.4 Å². The fourth-order valence-corrected chi connectivity index (χ4v) is 5.24. The molecule has 0 spiro atoms. The molecule has 5 nitrogen and oxygen atoms in total. The lowest BCUT2D eigenvalue weighted by Gasteiger charge is -2.29. The van der Waals surface area contributed by atoms with Crippen molar-refractivity contribution in [3.05, 3.63) is 29.8 Å². The summed E-state index contributed by atoms with van der Waals surface area (Å²) in [5.74, 6) is 0.584. The van der Waals surface area contributed by atoms with Gasteiger partial charge in [0, 0.05) is 37.8 Å². The van der Waals surface area contributed by atoms with Gasteiger partial charge in [0.2, 0.25) is 5.91 Å². The van der Waals surface area contributed by atoms with Gasteiger partial charge < -0.3 is 9.80 Å². The van der Waals surface area contributed by atoms with Crippen LogP contribution in [0.5, 0.6) is 0 Å². The summed E-state index contributed by atoms with van der Waals surface area (Å²) in [7, 11) is -3.02. The van der Waals surface area contributed by atoms with Crippen LogP contribution in [0.1, 0.15) is 46.1 Å². The van der Waals surface area contributed by atoms with E-state index in [1.54, 1.807) is 4.90 Å². The Morgan fingerprint density at radius 3 is 2.23 bits per heavy atom. The third-order valence-corrected chi connectivity index (χ3v) is 6.72. The van der Waals surface area contributed by atoms with Crippen LogP contribution < -0.4 is 4.90 Å². The lowest BCUT2D eigenvalue weighted by Crippen LogP contribution is -2.41. The Balaban J connectivity index is 2.17. The van der Waals surface area contributed by atoms with Crippen LogP contribution in [0.2, 0.25) is 0 Å². The van der Waals surface area contributed by atoms with Crippen LogP contribution in [0, 0.1) is 5.92 Å². The molecule has 1 aliphatic heterocycles. The Morgan fingerprint density at radius 2 is 1.77 bits per heavy atom. The summed E-state index contributed by atoms with van der Waals surface area (Å²) < 4.78 is 23.8. The lowest BCUT2D eigenvalue weighted by molar-refractivity contribution is -0.134. The molecular formula is C20H32N2O3S. The summed E-state index contributed by atoms with van der Waals surface area (Å²) in [6, 6.07) is 8.06. The summed E-state index contributed by atoms with van der Waals surface area (Å²) in [6.45, 7) is 10.7. The second-order valence-corrected chi connectivity index (χ2v) is 9.74. The molecule has 1 aliphatic rings. The maximum Gasteiger partial charge on any atom is 0.223 e. The predicted molar refractivity (Wildman–Crippen MR) is 107 cm³/mol. The summed E-state index contributed by atoms with van der Waals surface area (Å²) in [5.41, 5.74) is 2.21. The van der Waals surface area contributed by atoms with E-state index in [-0.39, 0.29) is 29.4 Å². The van der Waals surface area contributed by atoms with Gasteiger partial charge in [0.15, 0.2) is 9.84 Å². The molecule has 1 saturated heterocycles. The standard InChI is InChI=1S/C20H32N2O3S/c1-5-21(6-2)18-9-7-17(8-10-18)14-22(20(23)13-16(3)4)19-11-12-26(24,25)15-19/h7-10,16,19H,5-6,11-15H2,1-4H3. The molecule has 1 aromatic rings. The molecule has 0 radical (unpaired) electrons. The van der Waals surface area contributed by atoms with Crippen molar-refractivity contribution in [2.45, 2.75) is 53.1 Å². The maximum absolute atomic E-state index is 12.7. The Hall–Kier alpha value is -1.56. The molecule has 26 heavy (non-hydrogen) atoms. The molecule has 0 aromatic heterocycles. The van der Waals surface area contributed by atoms with Crippen molar-refractivity contribution in [1.29, 1.82) is 0 Å². The van der Waals surface area contributed by atoms with E-state index in [0.717, 1.165) is 18.7 Å². The van der Waals surface area contributed by atoms with E-state index >= 15 is 0 Å². The van der Waals surface area contributed by atoms with Crippen molar-refractivity contribution in [2.75, 3.05) is 29.5 Å². The number of sulfone groups is 1. The van der Waals surface area contributed by atoms with Crippen LogP contribution in [0.15, 0.2) is 24.3 Å². The van der Waals surface area contributed by atoms with E-state index in [2.05, 4.69) is 30.9 Å². The quantitative estimate of drug-likeness (QED) is 0.695. The third kappa shape index (κ3) is 5.47. The molecule has 1 atom stereocenters. The third-order valence-electron chi connectivity index (χ3n) is 4.97. The highest BCUT2D eigenvalue weighted by atomic mass is 32.2. The first-order valence-electron chi connectivity index (χ1n) is 9.59. The Bertz CT molecular complexity index is 694. The number of amides is 1. The predicted octanol–water partition coefficient (Wildman–Crippen LogP) is 3.09. The topological polar surface area (TPSA) is 57.7 Å². The van der Waals surface area contributed by atoms with Crippen LogP contribution in [0.25, 0.3) is 0 Å². The lowest BCUT2D eigenvalue weighted by atomic mass is 10.1. The Labute approximate surface area is 158 Å². The number of hydrogen-bond donors (Lipinski definition) is 0. The van der Waals surface area contributed by atoms with Crippen LogP contribution in [-0.4, -0.2) is 49.9 Å². The van der Waals surface area contributed by atoms with Crippen molar-refractivity contribution in [3.63, 3.8) is 0 Å². The monoisotopic (exact) mass is 380 g/mol.